The van der Waals surface area contributed by atoms with Crippen molar-refractivity contribution in [2.75, 3.05) is 0 Å². The Labute approximate surface area is 90.7 Å². The molecule has 3 atom stereocenters. The van der Waals surface area contributed by atoms with Crippen LogP contribution in [0.1, 0.15) is 45.4 Å². The molecule has 15 heavy (non-hydrogen) atoms. The highest BCUT2D eigenvalue weighted by Crippen LogP contribution is 2.52. The predicted octanol–water partition coefficient (Wildman–Crippen LogP) is 2.83. The molecule has 2 fully saturated rings. The van der Waals surface area contributed by atoms with Crippen molar-refractivity contribution in [3.63, 3.8) is 0 Å². The molecule has 0 bridgehead atoms. The first-order chi connectivity index (χ1) is 7.21. The van der Waals surface area contributed by atoms with E-state index in [-0.39, 0.29) is 11.6 Å². The van der Waals surface area contributed by atoms with Gasteiger partial charge in [0.1, 0.15) is 5.60 Å². The third kappa shape index (κ3) is 1.27. The Morgan fingerprint density at radius 3 is 3.00 bits per heavy atom. The largest absolute Gasteiger partial charge is 0.454 e. The van der Waals surface area contributed by atoms with E-state index in [1.165, 1.54) is 37.7 Å². The van der Waals surface area contributed by atoms with Crippen molar-refractivity contribution in [3.8, 4) is 0 Å². The van der Waals surface area contributed by atoms with Crippen molar-refractivity contribution in [1.29, 1.82) is 0 Å². The number of allylic oxidation sites excluding steroid dienone is 1. The van der Waals surface area contributed by atoms with Gasteiger partial charge in [0.05, 0.1) is 6.42 Å². The van der Waals surface area contributed by atoms with Gasteiger partial charge >= 0.3 is 5.97 Å². The van der Waals surface area contributed by atoms with E-state index in [4.69, 9.17) is 4.74 Å². The zero-order valence-electron chi connectivity index (χ0n) is 9.29. The van der Waals surface area contributed by atoms with Crippen LogP contribution in [-0.4, -0.2) is 11.6 Å². The molecular weight excluding hydrogens is 188 g/mol. The van der Waals surface area contributed by atoms with Gasteiger partial charge in [-0.25, -0.2) is 0 Å². The lowest BCUT2D eigenvalue weighted by molar-refractivity contribution is -0.152. The Morgan fingerprint density at radius 1 is 1.33 bits per heavy atom. The third-order valence-corrected chi connectivity index (χ3v) is 4.44. The van der Waals surface area contributed by atoms with Crippen molar-refractivity contribution in [1.82, 2.24) is 0 Å². The fraction of sp³-hybridized carbons (Fsp3) is 0.769. The van der Waals surface area contributed by atoms with E-state index in [2.05, 4.69) is 13.0 Å². The van der Waals surface area contributed by atoms with Crippen LogP contribution >= 0.6 is 0 Å². The Morgan fingerprint density at radius 2 is 2.13 bits per heavy atom. The maximum Gasteiger partial charge on any atom is 0.307 e. The third-order valence-electron chi connectivity index (χ3n) is 4.44. The van der Waals surface area contributed by atoms with Crippen molar-refractivity contribution in [2.45, 2.75) is 51.0 Å². The Kier molecular flexibility index (Phi) is 1.95. The SMILES string of the molecule is CC1=C[C@]23OC(=O)C[C@@H]2CCC[C@@H]3CC1. The smallest absolute Gasteiger partial charge is 0.307 e. The van der Waals surface area contributed by atoms with Crippen LogP contribution in [0, 0.1) is 11.8 Å². The first-order valence-electron chi connectivity index (χ1n) is 6.11. The number of carbonyl (C=O) groups is 1. The van der Waals surface area contributed by atoms with Gasteiger partial charge in [-0.3, -0.25) is 4.79 Å². The van der Waals surface area contributed by atoms with E-state index in [9.17, 15) is 4.79 Å². The molecule has 2 heteroatoms. The van der Waals surface area contributed by atoms with Gasteiger partial charge in [-0.1, -0.05) is 12.0 Å². The van der Waals surface area contributed by atoms with Crippen molar-refractivity contribution in [2.24, 2.45) is 11.8 Å². The molecule has 1 aliphatic heterocycles. The molecule has 0 amide bonds. The summed E-state index contributed by atoms with van der Waals surface area (Å²) in [5.41, 5.74) is 1.23. The molecule has 0 unspecified atom stereocenters. The zero-order chi connectivity index (χ0) is 10.5. The maximum absolute atomic E-state index is 11.5. The summed E-state index contributed by atoms with van der Waals surface area (Å²) in [5.74, 6) is 1.10. The van der Waals surface area contributed by atoms with Crippen molar-refractivity contribution in [3.05, 3.63) is 11.6 Å². The molecule has 82 valence electrons. The lowest BCUT2D eigenvalue weighted by atomic mass is 9.64. The van der Waals surface area contributed by atoms with Gasteiger partial charge in [-0.05, 0) is 38.7 Å². The van der Waals surface area contributed by atoms with E-state index in [1.54, 1.807) is 0 Å². The minimum absolute atomic E-state index is 0.0258. The van der Waals surface area contributed by atoms with Gasteiger partial charge in [0, 0.05) is 11.8 Å². The average molecular weight is 206 g/mol. The molecular formula is C13H18O2. The number of esters is 1. The van der Waals surface area contributed by atoms with E-state index in [0.717, 1.165) is 0 Å². The van der Waals surface area contributed by atoms with Crippen molar-refractivity contribution >= 4 is 5.97 Å². The highest BCUT2D eigenvalue weighted by molar-refractivity contribution is 5.73. The molecule has 0 radical (unpaired) electrons. The summed E-state index contributed by atoms with van der Waals surface area (Å²) in [4.78, 5) is 11.5. The summed E-state index contributed by atoms with van der Waals surface area (Å²) in [5, 5.41) is 0. The summed E-state index contributed by atoms with van der Waals surface area (Å²) >= 11 is 0. The second-order valence-corrected chi connectivity index (χ2v) is 5.39. The van der Waals surface area contributed by atoms with Crippen LogP contribution in [0.25, 0.3) is 0 Å². The summed E-state index contributed by atoms with van der Waals surface area (Å²) < 4.78 is 5.71. The van der Waals surface area contributed by atoms with Crippen molar-refractivity contribution < 1.29 is 9.53 Å². The topological polar surface area (TPSA) is 26.3 Å². The van der Waals surface area contributed by atoms with Gasteiger partial charge in [-0.2, -0.15) is 0 Å². The lowest BCUT2D eigenvalue weighted by Gasteiger charge is -2.45. The number of hydrogen-bond donors (Lipinski definition) is 0. The standard InChI is InChI=1S/C13H18O2/c1-9-5-6-10-3-2-4-11-7-12(14)15-13(10,11)8-9/h8,10-11H,2-7H2,1H3/t10-,11+,13-/m1/s1. The Balaban J connectivity index is 2.03. The highest BCUT2D eigenvalue weighted by Gasteiger charge is 2.55. The highest BCUT2D eigenvalue weighted by atomic mass is 16.6. The van der Waals surface area contributed by atoms with Gasteiger partial charge < -0.3 is 4.74 Å². The van der Waals surface area contributed by atoms with Crippen LogP contribution < -0.4 is 0 Å². The number of hydrogen-bond acceptors (Lipinski definition) is 2. The molecule has 3 rings (SSSR count). The molecule has 2 aliphatic carbocycles. The van der Waals surface area contributed by atoms with E-state index in [0.29, 0.717) is 18.3 Å². The van der Waals surface area contributed by atoms with Crippen LogP contribution in [0.3, 0.4) is 0 Å². The molecule has 2 nitrogen and oxygen atoms in total. The second-order valence-electron chi connectivity index (χ2n) is 5.39. The molecule has 1 heterocycles. The number of rotatable bonds is 0. The molecule has 0 aromatic heterocycles. The minimum atomic E-state index is -0.183. The molecule has 1 saturated heterocycles. The summed E-state index contributed by atoms with van der Waals surface area (Å²) in [7, 11) is 0. The molecule has 1 spiro atoms. The number of ether oxygens (including phenoxy) is 1. The van der Waals surface area contributed by atoms with Crippen LogP contribution in [0.5, 0.6) is 0 Å². The molecule has 1 saturated carbocycles. The van der Waals surface area contributed by atoms with Crippen LogP contribution in [0.15, 0.2) is 11.6 Å². The summed E-state index contributed by atoms with van der Waals surface area (Å²) in [6, 6.07) is 0. The predicted molar refractivity (Wildman–Crippen MR) is 57.3 cm³/mol. The van der Waals surface area contributed by atoms with E-state index in [1.807, 2.05) is 0 Å². The monoisotopic (exact) mass is 206 g/mol. The molecule has 0 N–H and O–H groups in total. The normalized spacial score (nSPS) is 44.1. The fourth-order valence-electron chi connectivity index (χ4n) is 3.76. The Hall–Kier alpha value is -0.790. The van der Waals surface area contributed by atoms with Crippen LogP contribution in [0.2, 0.25) is 0 Å². The van der Waals surface area contributed by atoms with E-state index < -0.39 is 0 Å². The number of carbonyl (C=O) groups excluding carboxylic acids is 1. The summed E-state index contributed by atoms with van der Waals surface area (Å²) in [6.07, 6.45) is 9.03. The molecule has 0 aromatic carbocycles. The maximum atomic E-state index is 11.5. The second kappa shape index (κ2) is 3.10. The van der Waals surface area contributed by atoms with Gasteiger partial charge in [0.25, 0.3) is 0 Å². The fourth-order valence-corrected chi connectivity index (χ4v) is 3.76. The first kappa shape index (κ1) is 9.44. The lowest BCUT2D eigenvalue weighted by Crippen LogP contribution is -2.46. The van der Waals surface area contributed by atoms with E-state index >= 15 is 0 Å². The quantitative estimate of drug-likeness (QED) is 0.450. The van der Waals surface area contributed by atoms with Gasteiger partial charge in [-0.15, -0.1) is 0 Å². The Bertz CT molecular complexity index is 331. The first-order valence-corrected chi connectivity index (χ1v) is 6.11. The summed E-state index contributed by atoms with van der Waals surface area (Å²) in [6.45, 7) is 2.17. The van der Waals surface area contributed by atoms with Crippen LogP contribution in [0.4, 0.5) is 0 Å². The van der Waals surface area contributed by atoms with Crippen LogP contribution in [-0.2, 0) is 9.53 Å². The van der Waals surface area contributed by atoms with Gasteiger partial charge in [0.2, 0.25) is 0 Å². The molecule has 0 aromatic rings. The minimum Gasteiger partial charge on any atom is -0.454 e. The molecule has 3 aliphatic rings. The average Bonchev–Trinajstić information content (AvgIpc) is 2.50. The van der Waals surface area contributed by atoms with Gasteiger partial charge in [0.15, 0.2) is 0 Å². The zero-order valence-corrected chi connectivity index (χ0v) is 9.29.